The van der Waals surface area contributed by atoms with E-state index in [0.29, 0.717) is 43.3 Å². The van der Waals surface area contributed by atoms with Crippen molar-refractivity contribution in [2.24, 2.45) is 11.8 Å². The summed E-state index contributed by atoms with van der Waals surface area (Å²) in [5.74, 6) is -1.06. The Bertz CT molecular complexity index is 682. The molecule has 1 aromatic rings. The zero-order valence-electron chi connectivity index (χ0n) is 16.2. The van der Waals surface area contributed by atoms with Crippen LogP contribution < -0.4 is 10.6 Å². The number of ether oxygens (including phenoxy) is 1. The summed E-state index contributed by atoms with van der Waals surface area (Å²) < 4.78 is 5.02. The van der Waals surface area contributed by atoms with Crippen LogP contribution in [0, 0.1) is 11.8 Å². The first-order valence-corrected chi connectivity index (χ1v) is 10.3. The molecular formula is C19H27N3O5S. The van der Waals surface area contributed by atoms with Gasteiger partial charge in [-0.2, -0.15) is 0 Å². The molecule has 2 rings (SSSR count). The lowest BCUT2D eigenvalue weighted by Gasteiger charge is -2.30. The highest BCUT2D eigenvalue weighted by molar-refractivity contribution is 7.12. The Hall–Kier alpha value is -2.42. The molecule has 28 heavy (non-hydrogen) atoms. The average molecular weight is 410 g/mol. The number of amides is 4. The third-order valence-corrected chi connectivity index (χ3v) is 5.31. The van der Waals surface area contributed by atoms with Gasteiger partial charge in [-0.1, -0.05) is 19.9 Å². The molecule has 0 atom stereocenters. The average Bonchev–Trinajstić information content (AvgIpc) is 3.20. The molecule has 0 bridgehead atoms. The zero-order chi connectivity index (χ0) is 20.5. The molecule has 8 nitrogen and oxygen atoms in total. The molecule has 2 heterocycles. The van der Waals surface area contributed by atoms with Crippen LogP contribution in [0.5, 0.6) is 0 Å². The summed E-state index contributed by atoms with van der Waals surface area (Å²) in [5.41, 5.74) is 0. The van der Waals surface area contributed by atoms with Crippen LogP contribution in [-0.4, -0.2) is 55.0 Å². The molecule has 0 saturated carbocycles. The maximum Gasteiger partial charge on any atom is 0.321 e. The Morgan fingerprint density at radius 2 is 1.96 bits per heavy atom. The monoisotopic (exact) mass is 409 g/mol. The molecule has 0 unspecified atom stereocenters. The van der Waals surface area contributed by atoms with Crippen LogP contribution in [0.25, 0.3) is 0 Å². The zero-order valence-corrected chi connectivity index (χ0v) is 17.0. The lowest BCUT2D eigenvalue weighted by atomic mass is 9.97. The topological polar surface area (TPSA) is 105 Å². The van der Waals surface area contributed by atoms with Gasteiger partial charge < -0.3 is 15.0 Å². The van der Waals surface area contributed by atoms with Crippen molar-refractivity contribution in [2.75, 3.05) is 26.2 Å². The molecule has 0 aliphatic carbocycles. The van der Waals surface area contributed by atoms with E-state index < -0.39 is 24.5 Å². The van der Waals surface area contributed by atoms with Gasteiger partial charge in [-0.3, -0.25) is 19.7 Å². The molecule has 1 aromatic heterocycles. The van der Waals surface area contributed by atoms with Crippen molar-refractivity contribution in [1.82, 2.24) is 15.5 Å². The number of esters is 1. The van der Waals surface area contributed by atoms with E-state index >= 15 is 0 Å². The Morgan fingerprint density at radius 3 is 2.57 bits per heavy atom. The van der Waals surface area contributed by atoms with E-state index in [4.69, 9.17) is 4.74 Å². The fourth-order valence-corrected chi connectivity index (χ4v) is 3.50. The first kappa shape index (κ1) is 21.9. The largest absolute Gasteiger partial charge is 0.455 e. The Kier molecular flexibility index (Phi) is 8.43. The van der Waals surface area contributed by atoms with Gasteiger partial charge in [-0.05, 0) is 36.6 Å². The molecule has 0 spiro atoms. The number of nitrogens with one attached hydrogen (secondary N) is 2. The minimum Gasteiger partial charge on any atom is -0.455 e. The third kappa shape index (κ3) is 6.95. The van der Waals surface area contributed by atoms with Crippen molar-refractivity contribution >= 4 is 35.2 Å². The van der Waals surface area contributed by atoms with Gasteiger partial charge in [0.05, 0.1) is 10.8 Å². The number of urea groups is 1. The minimum atomic E-state index is -0.666. The minimum absolute atomic E-state index is 0.0234. The number of hydrogen-bond acceptors (Lipinski definition) is 6. The van der Waals surface area contributed by atoms with Crippen molar-refractivity contribution < 1.29 is 23.9 Å². The predicted molar refractivity (Wildman–Crippen MR) is 105 cm³/mol. The summed E-state index contributed by atoms with van der Waals surface area (Å²) in [6.45, 7) is 4.99. The molecule has 2 N–H and O–H groups in total. The Morgan fingerprint density at radius 1 is 1.25 bits per heavy atom. The van der Waals surface area contributed by atoms with E-state index in [1.54, 1.807) is 11.0 Å². The molecular weight excluding hydrogens is 382 g/mol. The summed E-state index contributed by atoms with van der Waals surface area (Å²) in [6, 6.07) is 3.02. The smallest absolute Gasteiger partial charge is 0.321 e. The van der Waals surface area contributed by atoms with Gasteiger partial charge in [0.1, 0.15) is 0 Å². The van der Waals surface area contributed by atoms with Gasteiger partial charge in [0.2, 0.25) is 0 Å². The highest BCUT2D eigenvalue weighted by Crippen LogP contribution is 2.21. The maximum atomic E-state index is 12.3. The number of piperidine rings is 1. The van der Waals surface area contributed by atoms with Gasteiger partial charge in [0, 0.05) is 19.6 Å². The second kappa shape index (κ2) is 10.8. The molecule has 1 fully saturated rings. The number of nitrogens with zero attached hydrogens (tertiary/aromatic N) is 1. The first-order valence-electron chi connectivity index (χ1n) is 9.44. The van der Waals surface area contributed by atoms with Gasteiger partial charge in [0.25, 0.3) is 11.8 Å². The van der Waals surface area contributed by atoms with Crippen molar-refractivity contribution in [3.63, 3.8) is 0 Å². The third-order valence-electron chi connectivity index (χ3n) is 4.45. The maximum absolute atomic E-state index is 12.3. The van der Waals surface area contributed by atoms with Gasteiger partial charge in [-0.15, -0.1) is 11.3 Å². The Balaban J connectivity index is 1.65. The number of rotatable bonds is 7. The van der Waals surface area contributed by atoms with E-state index in [1.807, 2.05) is 25.3 Å². The molecule has 1 saturated heterocycles. The highest BCUT2D eigenvalue weighted by atomic mass is 32.1. The fraction of sp³-hybridized carbons (Fsp3) is 0.579. The molecule has 1 aliphatic rings. The van der Waals surface area contributed by atoms with E-state index in [9.17, 15) is 19.2 Å². The van der Waals surface area contributed by atoms with Gasteiger partial charge in [-0.25, -0.2) is 4.79 Å². The van der Waals surface area contributed by atoms with Crippen LogP contribution in [0.2, 0.25) is 0 Å². The summed E-state index contributed by atoms with van der Waals surface area (Å²) in [5, 5.41) is 6.56. The van der Waals surface area contributed by atoms with Crippen molar-refractivity contribution in [2.45, 2.75) is 33.1 Å². The van der Waals surface area contributed by atoms with Crippen molar-refractivity contribution in [3.8, 4) is 0 Å². The summed E-state index contributed by atoms with van der Waals surface area (Å²) in [6.07, 6.45) is 1.80. The van der Waals surface area contributed by atoms with Crippen LogP contribution in [-0.2, 0) is 14.3 Å². The van der Waals surface area contributed by atoms with Crippen molar-refractivity contribution in [3.05, 3.63) is 22.4 Å². The summed E-state index contributed by atoms with van der Waals surface area (Å²) in [7, 11) is 0. The van der Waals surface area contributed by atoms with E-state index in [2.05, 4.69) is 10.6 Å². The van der Waals surface area contributed by atoms with Crippen LogP contribution >= 0.6 is 11.3 Å². The summed E-state index contributed by atoms with van der Waals surface area (Å²) >= 11 is 1.39. The van der Waals surface area contributed by atoms with E-state index in [0.717, 1.165) is 6.42 Å². The first-order chi connectivity index (χ1) is 13.4. The molecule has 0 aromatic carbocycles. The number of carbonyl (C=O) groups excluding carboxylic acids is 4. The lowest BCUT2D eigenvalue weighted by molar-refractivity contribution is -0.153. The molecule has 9 heteroatoms. The van der Waals surface area contributed by atoms with Crippen LogP contribution in [0.4, 0.5) is 4.79 Å². The molecule has 0 radical (unpaired) electrons. The summed E-state index contributed by atoms with van der Waals surface area (Å²) in [4.78, 5) is 50.1. The number of hydrogen-bond donors (Lipinski definition) is 2. The SMILES string of the molecule is CC(C)CCNC(=O)NC(=O)COC(=O)C1CCN(C(=O)c2cccs2)CC1. The molecule has 1 aliphatic heterocycles. The molecule has 4 amide bonds. The quantitative estimate of drug-likeness (QED) is 0.671. The second-order valence-electron chi connectivity index (χ2n) is 7.14. The molecule has 154 valence electrons. The van der Waals surface area contributed by atoms with Crippen LogP contribution in [0.15, 0.2) is 17.5 Å². The number of likely N-dealkylation sites (tertiary alicyclic amines) is 1. The van der Waals surface area contributed by atoms with E-state index in [-0.39, 0.29) is 11.8 Å². The Labute approximate surface area is 168 Å². The fourth-order valence-electron chi connectivity index (χ4n) is 2.81. The number of imide groups is 1. The van der Waals surface area contributed by atoms with Gasteiger partial charge >= 0.3 is 12.0 Å². The van der Waals surface area contributed by atoms with E-state index in [1.165, 1.54) is 11.3 Å². The predicted octanol–water partition coefficient (Wildman–Crippen LogP) is 2.02. The standard InChI is InChI=1S/C19H27N3O5S/c1-13(2)5-8-20-19(26)21-16(23)12-27-18(25)14-6-9-22(10-7-14)17(24)15-4-3-11-28-15/h3-4,11,13-14H,5-10,12H2,1-2H3,(H2,20,21,23,26). The van der Waals surface area contributed by atoms with Crippen LogP contribution in [0.1, 0.15) is 42.8 Å². The number of carbonyl (C=O) groups is 4. The van der Waals surface area contributed by atoms with Crippen LogP contribution in [0.3, 0.4) is 0 Å². The van der Waals surface area contributed by atoms with Crippen molar-refractivity contribution in [1.29, 1.82) is 0 Å². The van der Waals surface area contributed by atoms with Gasteiger partial charge in [0.15, 0.2) is 6.61 Å². The lowest BCUT2D eigenvalue weighted by Crippen LogP contribution is -2.43. The normalized spacial score (nSPS) is 14.6. The number of thiophene rings is 1. The highest BCUT2D eigenvalue weighted by Gasteiger charge is 2.29. The second-order valence-corrected chi connectivity index (χ2v) is 8.09.